The number of ketones is 2. The molecule has 0 aromatic heterocycles. The summed E-state index contributed by atoms with van der Waals surface area (Å²) in [5.41, 5.74) is 1.20. The maximum absolute atomic E-state index is 12.5. The Hall–Kier alpha value is -1.38. The van der Waals surface area contributed by atoms with E-state index in [1.54, 1.807) is 18.2 Å². The zero-order valence-electron chi connectivity index (χ0n) is 13.6. The van der Waals surface area contributed by atoms with Crippen molar-refractivity contribution in [1.29, 1.82) is 0 Å². The molecule has 0 bridgehead atoms. The average molecular weight is 372 g/mol. The molecule has 0 spiro atoms. The van der Waals surface area contributed by atoms with Gasteiger partial charge in [0.25, 0.3) is 0 Å². The molecule has 4 heteroatoms. The normalized spacial score (nSPS) is 19.5. The van der Waals surface area contributed by atoms with E-state index in [1.807, 2.05) is 57.8 Å². The fraction of sp³-hybridized carbons (Fsp3) is 0.0476. The fourth-order valence-electron chi connectivity index (χ4n) is 2.65. The molecule has 0 unspecified atom stereocenters. The first-order chi connectivity index (χ1) is 11.7. The van der Waals surface area contributed by atoms with E-state index < -0.39 is 0 Å². The van der Waals surface area contributed by atoms with Crippen molar-refractivity contribution in [3.63, 3.8) is 0 Å². The van der Waals surface area contributed by atoms with Crippen molar-refractivity contribution in [2.75, 3.05) is 7.11 Å². The second-order valence-corrected chi connectivity index (χ2v) is 5.27. The van der Waals surface area contributed by atoms with Crippen molar-refractivity contribution in [3.8, 4) is 5.75 Å². The summed E-state index contributed by atoms with van der Waals surface area (Å²) in [6, 6.07) is 5.07. The van der Waals surface area contributed by atoms with Gasteiger partial charge in [-0.25, -0.2) is 0 Å². The third-order valence-corrected chi connectivity index (χ3v) is 3.79. The molecule has 0 atom stereocenters. The molecule has 3 aliphatic rings. The van der Waals surface area contributed by atoms with E-state index >= 15 is 0 Å². The molecule has 25 heavy (non-hydrogen) atoms. The SMILES string of the molecule is COc1cccc2c1C(=O)C=C([C]1[CH][CH][CH][CH]1)C2=O.[CH]1[CH][CH][CH][CH]1.[Fe+2]. The smallest absolute Gasteiger partial charge is 0.496 e. The Morgan fingerprint density at radius 1 is 0.840 bits per heavy atom. The van der Waals surface area contributed by atoms with Gasteiger partial charge in [-0.1, -0.05) is 12.1 Å². The van der Waals surface area contributed by atoms with Gasteiger partial charge in [-0.3, -0.25) is 9.59 Å². The Morgan fingerprint density at radius 2 is 1.44 bits per heavy atom. The molecule has 2 saturated carbocycles. The number of rotatable bonds is 2. The third-order valence-electron chi connectivity index (χ3n) is 3.79. The van der Waals surface area contributed by atoms with Crippen LogP contribution >= 0.6 is 0 Å². The molecular weight excluding hydrogens is 356 g/mol. The topological polar surface area (TPSA) is 43.4 Å². The minimum absolute atomic E-state index is 0. The summed E-state index contributed by atoms with van der Waals surface area (Å²) >= 11 is 0. The van der Waals surface area contributed by atoms with E-state index in [4.69, 9.17) is 4.74 Å². The molecule has 1 aromatic carbocycles. The molecule has 0 N–H and O–H groups in total. The van der Waals surface area contributed by atoms with E-state index in [2.05, 4.69) is 0 Å². The van der Waals surface area contributed by atoms with Crippen molar-refractivity contribution >= 4 is 11.6 Å². The number of methoxy groups -OCH3 is 1. The molecule has 0 amide bonds. The van der Waals surface area contributed by atoms with Gasteiger partial charge in [0, 0.05) is 17.1 Å². The van der Waals surface area contributed by atoms with Crippen molar-refractivity contribution in [3.05, 3.63) is 105 Å². The summed E-state index contributed by atoms with van der Waals surface area (Å²) in [5.74, 6) is 0.878. The summed E-state index contributed by atoms with van der Waals surface area (Å²) < 4.78 is 5.15. The van der Waals surface area contributed by atoms with Gasteiger partial charge in [0.15, 0.2) is 11.6 Å². The van der Waals surface area contributed by atoms with E-state index in [1.165, 1.54) is 13.2 Å². The van der Waals surface area contributed by atoms with Gasteiger partial charge in [0.1, 0.15) is 5.75 Å². The Labute approximate surface area is 160 Å². The van der Waals surface area contributed by atoms with E-state index in [9.17, 15) is 9.59 Å². The maximum Gasteiger partial charge on any atom is 2.00 e. The predicted octanol–water partition coefficient (Wildman–Crippen LogP) is 3.42. The van der Waals surface area contributed by atoms with Crippen LogP contribution in [0.25, 0.3) is 0 Å². The van der Waals surface area contributed by atoms with Crippen LogP contribution in [0.15, 0.2) is 29.8 Å². The van der Waals surface area contributed by atoms with E-state index in [-0.39, 0.29) is 28.6 Å². The average Bonchev–Trinajstić information content (AvgIpc) is 3.33. The number of ether oxygens (including phenoxy) is 1. The van der Waals surface area contributed by atoms with Gasteiger partial charge in [0.2, 0.25) is 0 Å². The Balaban J connectivity index is 0.000000325. The molecule has 3 nitrogen and oxygen atoms in total. The molecule has 4 rings (SSSR count). The van der Waals surface area contributed by atoms with E-state index in [0.29, 0.717) is 22.4 Å². The Morgan fingerprint density at radius 3 is 2.00 bits per heavy atom. The van der Waals surface area contributed by atoms with Crippen LogP contribution in [0, 0.1) is 63.7 Å². The molecular formula is C21H16FeO3+2. The van der Waals surface area contributed by atoms with Crippen LogP contribution in [-0.4, -0.2) is 18.7 Å². The van der Waals surface area contributed by atoms with Gasteiger partial charge in [0.05, 0.1) is 12.7 Å². The van der Waals surface area contributed by atoms with Crippen LogP contribution in [0.3, 0.4) is 0 Å². The second-order valence-electron chi connectivity index (χ2n) is 5.27. The summed E-state index contributed by atoms with van der Waals surface area (Å²) in [7, 11) is 1.49. The Bertz CT molecular complexity index is 645. The number of allylic oxidation sites excluding steroid dienone is 2. The Kier molecular flexibility index (Phi) is 7.46. The number of carbonyl (C=O) groups excluding carboxylic acids is 2. The fourth-order valence-corrected chi connectivity index (χ4v) is 2.65. The second kappa shape index (κ2) is 9.35. The first-order valence-electron chi connectivity index (χ1n) is 7.59. The third kappa shape index (κ3) is 4.42. The number of benzene rings is 1. The minimum Gasteiger partial charge on any atom is -0.496 e. The largest absolute Gasteiger partial charge is 2.00 e. The molecule has 0 heterocycles. The molecule has 1 aromatic rings. The van der Waals surface area contributed by atoms with Crippen LogP contribution in [-0.2, 0) is 17.1 Å². The van der Waals surface area contributed by atoms with Crippen LogP contribution in [0.5, 0.6) is 5.75 Å². The summed E-state index contributed by atoms with van der Waals surface area (Å²) in [6.45, 7) is 0. The minimum atomic E-state index is -0.191. The van der Waals surface area contributed by atoms with Crippen molar-refractivity contribution in [1.82, 2.24) is 0 Å². The monoisotopic (exact) mass is 372 g/mol. The van der Waals surface area contributed by atoms with Crippen molar-refractivity contribution in [2.24, 2.45) is 0 Å². The predicted molar refractivity (Wildman–Crippen MR) is 91.7 cm³/mol. The quantitative estimate of drug-likeness (QED) is 0.748. The van der Waals surface area contributed by atoms with Crippen LogP contribution in [0.1, 0.15) is 20.7 Å². The summed E-state index contributed by atoms with van der Waals surface area (Å²) in [5, 5.41) is 0. The molecule has 0 aliphatic heterocycles. The van der Waals surface area contributed by atoms with Gasteiger partial charge in [-0.05, 0) is 69.9 Å². The zero-order chi connectivity index (χ0) is 16.9. The first kappa shape index (κ1) is 19.9. The van der Waals surface area contributed by atoms with Gasteiger partial charge >= 0.3 is 17.1 Å². The van der Waals surface area contributed by atoms with Crippen LogP contribution in [0.2, 0.25) is 0 Å². The summed E-state index contributed by atoms with van der Waals surface area (Å²) in [4.78, 5) is 24.7. The van der Waals surface area contributed by atoms with Crippen LogP contribution < -0.4 is 4.74 Å². The van der Waals surface area contributed by atoms with Gasteiger partial charge in [-0.2, -0.15) is 0 Å². The standard InChI is InChI=1S/C16H11O3.C5H5.Fe/c1-19-14-8-4-7-11-15(14)13(17)9-12(16(11)18)10-5-2-3-6-10;1-2-4-5-3-1;/h2-9H,1H3;1-5H;/q;;+2. The van der Waals surface area contributed by atoms with E-state index in [0.717, 1.165) is 5.92 Å². The molecule has 124 valence electrons. The van der Waals surface area contributed by atoms with Crippen LogP contribution in [0.4, 0.5) is 0 Å². The molecule has 10 radical (unpaired) electrons. The van der Waals surface area contributed by atoms with Crippen molar-refractivity contribution in [2.45, 2.75) is 0 Å². The van der Waals surface area contributed by atoms with Gasteiger partial charge in [-0.15, -0.1) is 0 Å². The first-order valence-corrected chi connectivity index (χ1v) is 7.59. The number of fused-ring (bicyclic) bond motifs is 1. The summed E-state index contributed by atoms with van der Waals surface area (Å²) in [6.07, 6.45) is 18.7. The number of Topliss-reactive ketones (excluding diaryl/α,β-unsaturated/α-hetero) is 1. The molecule has 2 fully saturated rings. The number of hydrogen-bond acceptors (Lipinski definition) is 3. The molecule has 0 saturated heterocycles. The zero-order valence-corrected chi connectivity index (χ0v) is 14.7. The van der Waals surface area contributed by atoms with Crippen molar-refractivity contribution < 1.29 is 31.4 Å². The maximum atomic E-state index is 12.5. The number of carbonyl (C=O) groups is 2. The van der Waals surface area contributed by atoms with Gasteiger partial charge < -0.3 is 4.74 Å². The molecule has 3 aliphatic carbocycles. The number of hydrogen-bond donors (Lipinski definition) is 0.